The molecule has 0 fully saturated rings. The Labute approximate surface area is 123 Å². The Morgan fingerprint density at radius 1 is 1.05 bits per heavy atom. The van der Waals surface area contributed by atoms with Gasteiger partial charge in [-0.1, -0.05) is 24.3 Å². The summed E-state index contributed by atoms with van der Waals surface area (Å²) >= 11 is 0. The number of fused-ring (bicyclic) bond motifs is 2. The zero-order valence-corrected chi connectivity index (χ0v) is 12.2. The van der Waals surface area contributed by atoms with Gasteiger partial charge in [0.05, 0.1) is 11.0 Å². The molecule has 21 heavy (non-hydrogen) atoms. The van der Waals surface area contributed by atoms with Crippen molar-refractivity contribution in [2.24, 2.45) is 0 Å². The van der Waals surface area contributed by atoms with Crippen LogP contribution in [0, 0.1) is 0 Å². The normalized spacial score (nSPS) is 11.8. The van der Waals surface area contributed by atoms with Gasteiger partial charge >= 0.3 is 0 Å². The third kappa shape index (κ3) is 1.93. The highest BCUT2D eigenvalue weighted by molar-refractivity contribution is 5.86. The first-order chi connectivity index (χ1) is 10.2. The number of imidazole rings is 1. The average Bonchev–Trinajstić information content (AvgIpc) is 3.10. The minimum Gasteiger partial charge on any atom is -0.345 e. The topological polar surface area (TPSA) is 33.6 Å². The van der Waals surface area contributed by atoms with Gasteiger partial charge < -0.3 is 9.55 Å². The third-order valence-electron chi connectivity index (χ3n) is 3.94. The largest absolute Gasteiger partial charge is 0.345 e. The molecular weight excluding hydrogens is 258 g/mol. The number of rotatable bonds is 2. The lowest BCUT2D eigenvalue weighted by Crippen LogP contribution is -1.97. The van der Waals surface area contributed by atoms with E-state index in [4.69, 9.17) is 0 Å². The molecule has 0 aliphatic carbocycles. The molecule has 2 aromatic heterocycles. The number of hydrogen-bond acceptors (Lipinski definition) is 1. The Hall–Kier alpha value is -2.55. The highest BCUT2D eigenvalue weighted by Crippen LogP contribution is 2.26. The molecule has 0 saturated heterocycles. The maximum atomic E-state index is 4.68. The monoisotopic (exact) mass is 275 g/mol. The fraction of sp³-hybridized carbons (Fsp3) is 0.167. The molecule has 2 aromatic carbocycles. The second-order valence-electron chi connectivity index (χ2n) is 5.69. The third-order valence-corrected chi connectivity index (χ3v) is 3.94. The van der Waals surface area contributed by atoms with Gasteiger partial charge in [0.1, 0.15) is 5.82 Å². The second-order valence-corrected chi connectivity index (χ2v) is 5.69. The quantitative estimate of drug-likeness (QED) is 0.562. The van der Waals surface area contributed by atoms with Crippen molar-refractivity contribution < 1.29 is 0 Å². The predicted molar refractivity (Wildman–Crippen MR) is 87.4 cm³/mol. The zero-order valence-electron chi connectivity index (χ0n) is 12.2. The first-order valence-electron chi connectivity index (χ1n) is 7.28. The zero-order chi connectivity index (χ0) is 14.4. The Kier molecular flexibility index (Phi) is 2.61. The molecule has 0 spiro atoms. The summed E-state index contributed by atoms with van der Waals surface area (Å²) in [6.07, 6.45) is 2.15. The summed E-state index contributed by atoms with van der Waals surface area (Å²) < 4.78 is 2.29. The van der Waals surface area contributed by atoms with Crippen molar-refractivity contribution in [3.8, 4) is 11.4 Å². The number of para-hydroxylation sites is 2. The van der Waals surface area contributed by atoms with Crippen LogP contribution in [0.25, 0.3) is 33.3 Å². The molecule has 104 valence electrons. The fourth-order valence-corrected chi connectivity index (χ4v) is 2.84. The van der Waals surface area contributed by atoms with Crippen LogP contribution in [0.15, 0.2) is 54.7 Å². The molecule has 0 amide bonds. The van der Waals surface area contributed by atoms with Crippen LogP contribution in [0.2, 0.25) is 0 Å². The summed E-state index contributed by atoms with van der Waals surface area (Å²) in [5, 5.41) is 1.27. The number of nitrogens with zero attached hydrogens (tertiary/aromatic N) is 2. The molecule has 2 heterocycles. The molecule has 1 N–H and O–H groups in total. The summed E-state index contributed by atoms with van der Waals surface area (Å²) in [6, 6.07) is 17.3. The lowest BCUT2D eigenvalue weighted by Gasteiger charge is -2.09. The average molecular weight is 275 g/mol. The van der Waals surface area contributed by atoms with Gasteiger partial charge in [0, 0.05) is 23.3 Å². The van der Waals surface area contributed by atoms with Crippen LogP contribution in [0.5, 0.6) is 0 Å². The summed E-state index contributed by atoms with van der Waals surface area (Å²) in [5.41, 5.74) is 4.46. The fourth-order valence-electron chi connectivity index (χ4n) is 2.84. The number of aromatic nitrogens is 3. The molecule has 0 radical (unpaired) electrons. The van der Waals surface area contributed by atoms with Crippen LogP contribution in [-0.2, 0) is 0 Å². The molecule has 0 aliphatic heterocycles. The van der Waals surface area contributed by atoms with E-state index >= 15 is 0 Å². The molecule has 0 atom stereocenters. The Morgan fingerprint density at radius 3 is 2.71 bits per heavy atom. The molecule has 0 unspecified atom stereocenters. The van der Waals surface area contributed by atoms with Crippen LogP contribution in [-0.4, -0.2) is 14.5 Å². The molecule has 3 nitrogen and oxygen atoms in total. The van der Waals surface area contributed by atoms with Gasteiger partial charge in [-0.2, -0.15) is 0 Å². The molecule has 0 saturated carbocycles. The number of H-pyrrole nitrogens is 1. The van der Waals surface area contributed by atoms with Gasteiger partial charge in [0.15, 0.2) is 0 Å². The smallest absolute Gasteiger partial charge is 0.138 e. The van der Waals surface area contributed by atoms with Crippen molar-refractivity contribution in [3.63, 3.8) is 0 Å². The molecule has 4 aromatic rings. The highest BCUT2D eigenvalue weighted by Gasteiger charge is 2.09. The van der Waals surface area contributed by atoms with Crippen molar-refractivity contribution in [2.45, 2.75) is 19.9 Å². The van der Waals surface area contributed by atoms with Gasteiger partial charge in [0.25, 0.3) is 0 Å². The number of benzene rings is 2. The van der Waals surface area contributed by atoms with Gasteiger partial charge in [-0.05, 0) is 43.5 Å². The van der Waals surface area contributed by atoms with E-state index in [9.17, 15) is 0 Å². The summed E-state index contributed by atoms with van der Waals surface area (Å²) in [6.45, 7) is 4.40. The first-order valence-corrected chi connectivity index (χ1v) is 7.28. The van der Waals surface area contributed by atoms with Crippen molar-refractivity contribution in [1.29, 1.82) is 0 Å². The Bertz CT molecular complexity index is 895. The predicted octanol–water partition coefficient (Wildman–Crippen LogP) is 4.77. The van der Waals surface area contributed by atoms with E-state index in [0.717, 1.165) is 22.4 Å². The van der Waals surface area contributed by atoms with Crippen LogP contribution in [0.1, 0.15) is 19.9 Å². The Morgan fingerprint density at radius 2 is 1.90 bits per heavy atom. The van der Waals surface area contributed by atoms with Gasteiger partial charge in [-0.15, -0.1) is 0 Å². The van der Waals surface area contributed by atoms with E-state index in [1.54, 1.807) is 0 Å². The van der Waals surface area contributed by atoms with E-state index in [1.165, 1.54) is 10.9 Å². The summed E-state index contributed by atoms with van der Waals surface area (Å²) in [5.74, 6) is 0.926. The second kappa shape index (κ2) is 4.48. The molecular formula is C18H17N3. The summed E-state index contributed by atoms with van der Waals surface area (Å²) in [4.78, 5) is 8.08. The van der Waals surface area contributed by atoms with Crippen molar-refractivity contribution >= 4 is 21.9 Å². The van der Waals surface area contributed by atoms with Gasteiger partial charge in [-0.3, -0.25) is 0 Å². The number of aromatic amines is 1. The lowest BCUT2D eigenvalue weighted by atomic mass is 10.1. The van der Waals surface area contributed by atoms with Gasteiger partial charge in [0.2, 0.25) is 0 Å². The van der Waals surface area contributed by atoms with Crippen molar-refractivity contribution in [3.05, 3.63) is 54.7 Å². The van der Waals surface area contributed by atoms with E-state index in [1.807, 2.05) is 18.2 Å². The maximum absolute atomic E-state index is 4.68. The minimum absolute atomic E-state index is 0.452. The van der Waals surface area contributed by atoms with Crippen LogP contribution >= 0.6 is 0 Å². The summed E-state index contributed by atoms with van der Waals surface area (Å²) in [7, 11) is 0. The van der Waals surface area contributed by atoms with Crippen LogP contribution in [0.4, 0.5) is 0 Å². The highest BCUT2D eigenvalue weighted by atomic mass is 15.0. The van der Waals surface area contributed by atoms with Crippen LogP contribution in [0.3, 0.4) is 0 Å². The molecule has 4 rings (SSSR count). The Balaban J connectivity index is 1.91. The molecule has 3 heteroatoms. The first kappa shape index (κ1) is 12.2. The van der Waals surface area contributed by atoms with E-state index in [2.05, 4.69) is 64.9 Å². The maximum Gasteiger partial charge on any atom is 0.138 e. The number of hydrogen-bond donors (Lipinski definition) is 1. The SMILES string of the molecule is CC(C)n1ccc2ccc(-c3nc4ccccc4[nH]3)cc21. The van der Waals surface area contributed by atoms with E-state index in [0.29, 0.717) is 6.04 Å². The molecule has 0 bridgehead atoms. The number of nitrogens with one attached hydrogen (secondary N) is 1. The van der Waals surface area contributed by atoms with Gasteiger partial charge in [-0.25, -0.2) is 4.98 Å². The minimum atomic E-state index is 0.452. The van der Waals surface area contributed by atoms with Crippen molar-refractivity contribution in [1.82, 2.24) is 14.5 Å². The van der Waals surface area contributed by atoms with E-state index in [-0.39, 0.29) is 0 Å². The standard InChI is InChI=1S/C18H17N3/c1-12(2)21-10-9-13-7-8-14(11-17(13)21)18-19-15-5-3-4-6-16(15)20-18/h3-12H,1-2H3,(H,19,20). The van der Waals surface area contributed by atoms with Crippen LogP contribution < -0.4 is 0 Å². The van der Waals surface area contributed by atoms with Crippen molar-refractivity contribution in [2.75, 3.05) is 0 Å². The van der Waals surface area contributed by atoms with E-state index < -0.39 is 0 Å². The molecule has 0 aliphatic rings. The lowest BCUT2D eigenvalue weighted by molar-refractivity contribution is 0.623.